The Morgan fingerprint density at radius 1 is 1.22 bits per heavy atom. The molecule has 0 saturated carbocycles. The summed E-state index contributed by atoms with van der Waals surface area (Å²) in [6.45, 7) is 10.4. The number of hydrogen-bond acceptors (Lipinski definition) is 3. The molecule has 23 heavy (non-hydrogen) atoms. The minimum absolute atomic E-state index is 0.0396. The summed E-state index contributed by atoms with van der Waals surface area (Å²) in [6.07, 6.45) is 3.39. The summed E-state index contributed by atoms with van der Waals surface area (Å²) in [4.78, 5) is 39.8. The highest BCUT2D eigenvalue weighted by Crippen LogP contribution is 2.35. The van der Waals surface area contributed by atoms with Crippen LogP contribution in [0.4, 0.5) is 0 Å². The van der Waals surface area contributed by atoms with Crippen molar-refractivity contribution >= 4 is 17.7 Å². The molecular formula is C18H30N2O3. The fourth-order valence-corrected chi connectivity index (χ4v) is 3.46. The number of likely N-dealkylation sites (tertiary alicyclic amines) is 2. The summed E-state index contributed by atoms with van der Waals surface area (Å²) >= 11 is 0. The van der Waals surface area contributed by atoms with E-state index in [1.807, 2.05) is 25.7 Å². The van der Waals surface area contributed by atoms with Crippen LogP contribution in [0.1, 0.15) is 59.8 Å². The maximum absolute atomic E-state index is 12.4. The van der Waals surface area contributed by atoms with Crippen molar-refractivity contribution in [3.8, 4) is 0 Å². The minimum atomic E-state index is -0.206. The summed E-state index contributed by atoms with van der Waals surface area (Å²) in [5, 5.41) is 0. The molecule has 130 valence electrons. The molecule has 2 aliphatic rings. The van der Waals surface area contributed by atoms with Crippen molar-refractivity contribution in [1.29, 1.82) is 0 Å². The second kappa shape index (κ2) is 7.02. The van der Waals surface area contributed by atoms with Crippen molar-refractivity contribution in [2.45, 2.75) is 59.8 Å². The second-order valence-electron chi connectivity index (χ2n) is 8.20. The predicted octanol–water partition coefficient (Wildman–Crippen LogP) is 2.45. The van der Waals surface area contributed by atoms with E-state index in [1.54, 1.807) is 0 Å². The van der Waals surface area contributed by atoms with Crippen LogP contribution in [-0.2, 0) is 14.4 Å². The van der Waals surface area contributed by atoms with Gasteiger partial charge in [0, 0.05) is 32.5 Å². The number of hydrogen-bond donors (Lipinski definition) is 0. The van der Waals surface area contributed by atoms with Crippen LogP contribution in [0.5, 0.6) is 0 Å². The van der Waals surface area contributed by atoms with E-state index >= 15 is 0 Å². The van der Waals surface area contributed by atoms with Crippen molar-refractivity contribution in [2.75, 3.05) is 19.6 Å². The number of carbonyl (C=O) groups excluding carboxylic acids is 3. The lowest BCUT2D eigenvalue weighted by molar-refractivity contribution is -0.140. The van der Waals surface area contributed by atoms with E-state index in [9.17, 15) is 14.4 Å². The standard InChI is InChI=1S/C18H30N2O3/c1-13-8-10-19(12-13)15(21)7-5-6-9-20-16(22)11-14(17(20)23)18(2,3)4/h13-14H,5-12H2,1-4H3/t13-,14?/m0/s1. The van der Waals surface area contributed by atoms with Gasteiger partial charge in [0.25, 0.3) is 0 Å². The summed E-state index contributed by atoms with van der Waals surface area (Å²) in [6, 6.07) is 0. The number of carbonyl (C=O) groups is 3. The number of imide groups is 1. The van der Waals surface area contributed by atoms with Crippen molar-refractivity contribution < 1.29 is 14.4 Å². The van der Waals surface area contributed by atoms with Crippen molar-refractivity contribution in [1.82, 2.24) is 9.80 Å². The van der Waals surface area contributed by atoms with Crippen LogP contribution in [0, 0.1) is 17.3 Å². The van der Waals surface area contributed by atoms with E-state index in [1.165, 1.54) is 4.90 Å². The Labute approximate surface area is 139 Å². The van der Waals surface area contributed by atoms with Gasteiger partial charge in [-0.3, -0.25) is 19.3 Å². The molecule has 0 aromatic rings. The zero-order valence-electron chi connectivity index (χ0n) is 14.9. The molecule has 0 N–H and O–H groups in total. The number of nitrogens with zero attached hydrogens (tertiary/aromatic N) is 2. The first-order valence-electron chi connectivity index (χ1n) is 8.82. The highest BCUT2D eigenvalue weighted by atomic mass is 16.2. The van der Waals surface area contributed by atoms with E-state index < -0.39 is 0 Å². The molecule has 2 fully saturated rings. The smallest absolute Gasteiger partial charge is 0.233 e. The van der Waals surface area contributed by atoms with Crippen molar-refractivity contribution in [2.24, 2.45) is 17.3 Å². The first kappa shape index (κ1) is 18.0. The molecule has 0 spiro atoms. The van der Waals surface area contributed by atoms with Crippen molar-refractivity contribution in [3.05, 3.63) is 0 Å². The van der Waals surface area contributed by atoms with Crippen LogP contribution < -0.4 is 0 Å². The molecule has 0 aromatic heterocycles. The number of rotatable bonds is 5. The molecule has 3 amide bonds. The van der Waals surface area contributed by atoms with Gasteiger partial charge in [0.15, 0.2) is 0 Å². The fourth-order valence-electron chi connectivity index (χ4n) is 3.46. The highest BCUT2D eigenvalue weighted by molar-refractivity contribution is 6.03. The molecule has 1 unspecified atom stereocenters. The van der Waals surface area contributed by atoms with E-state index in [2.05, 4.69) is 6.92 Å². The second-order valence-corrected chi connectivity index (χ2v) is 8.20. The van der Waals surface area contributed by atoms with Gasteiger partial charge in [-0.2, -0.15) is 0 Å². The normalized spacial score (nSPS) is 25.6. The number of amides is 3. The molecule has 0 aliphatic carbocycles. The molecule has 5 nitrogen and oxygen atoms in total. The summed E-state index contributed by atoms with van der Waals surface area (Å²) in [5.74, 6) is 0.508. The third kappa shape index (κ3) is 4.33. The SMILES string of the molecule is C[C@H]1CCN(C(=O)CCCCN2C(=O)CC(C(C)(C)C)C2=O)C1. The predicted molar refractivity (Wildman–Crippen MR) is 88.5 cm³/mol. The quantitative estimate of drug-likeness (QED) is 0.577. The van der Waals surface area contributed by atoms with Gasteiger partial charge in [-0.05, 0) is 30.6 Å². The molecule has 0 bridgehead atoms. The van der Waals surface area contributed by atoms with Crippen LogP contribution in [0.25, 0.3) is 0 Å². The molecule has 2 saturated heterocycles. The lowest BCUT2D eigenvalue weighted by atomic mass is 9.80. The Bertz CT molecular complexity index is 481. The van der Waals surface area contributed by atoms with Gasteiger partial charge in [-0.1, -0.05) is 27.7 Å². The van der Waals surface area contributed by atoms with Gasteiger partial charge in [0.2, 0.25) is 17.7 Å². The van der Waals surface area contributed by atoms with Crippen LogP contribution in [0.2, 0.25) is 0 Å². The van der Waals surface area contributed by atoms with Gasteiger partial charge in [0.05, 0.1) is 5.92 Å². The summed E-state index contributed by atoms with van der Waals surface area (Å²) in [5.41, 5.74) is -0.177. The van der Waals surface area contributed by atoms with Gasteiger partial charge >= 0.3 is 0 Å². The van der Waals surface area contributed by atoms with Crippen molar-refractivity contribution in [3.63, 3.8) is 0 Å². The largest absolute Gasteiger partial charge is 0.342 e. The first-order chi connectivity index (χ1) is 10.7. The Kier molecular flexibility index (Phi) is 5.48. The Hall–Kier alpha value is -1.39. The van der Waals surface area contributed by atoms with Crippen LogP contribution in [0.15, 0.2) is 0 Å². The Balaban J connectivity index is 1.73. The maximum atomic E-state index is 12.4. The topological polar surface area (TPSA) is 57.7 Å². The van der Waals surface area contributed by atoms with Gasteiger partial charge in [0.1, 0.15) is 0 Å². The molecule has 2 heterocycles. The zero-order chi connectivity index (χ0) is 17.2. The molecule has 2 rings (SSSR count). The highest BCUT2D eigenvalue weighted by Gasteiger charge is 2.44. The zero-order valence-corrected chi connectivity index (χ0v) is 14.9. The molecule has 0 radical (unpaired) electrons. The van der Waals surface area contributed by atoms with Crippen LogP contribution in [-0.4, -0.2) is 47.2 Å². The Morgan fingerprint density at radius 2 is 1.91 bits per heavy atom. The first-order valence-corrected chi connectivity index (χ1v) is 8.82. The maximum Gasteiger partial charge on any atom is 0.233 e. The third-order valence-electron chi connectivity index (χ3n) is 5.09. The fraction of sp³-hybridized carbons (Fsp3) is 0.833. The van der Waals surface area contributed by atoms with E-state index in [0.29, 0.717) is 31.7 Å². The lowest BCUT2D eigenvalue weighted by Gasteiger charge is -2.24. The van der Waals surface area contributed by atoms with Crippen LogP contribution in [0.3, 0.4) is 0 Å². The molecule has 5 heteroatoms. The minimum Gasteiger partial charge on any atom is -0.342 e. The van der Waals surface area contributed by atoms with Gasteiger partial charge in [-0.15, -0.1) is 0 Å². The monoisotopic (exact) mass is 322 g/mol. The summed E-state index contributed by atoms with van der Waals surface area (Å²) < 4.78 is 0. The molecular weight excluding hydrogens is 292 g/mol. The third-order valence-corrected chi connectivity index (χ3v) is 5.09. The van der Waals surface area contributed by atoms with Crippen LogP contribution >= 0.6 is 0 Å². The molecule has 2 atom stereocenters. The Morgan fingerprint density at radius 3 is 2.43 bits per heavy atom. The average molecular weight is 322 g/mol. The van der Waals surface area contributed by atoms with E-state index in [4.69, 9.17) is 0 Å². The molecule has 2 aliphatic heterocycles. The average Bonchev–Trinajstić information content (AvgIpc) is 3.00. The van der Waals surface area contributed by atoms with Gasteiger partial charge in [-0.25, -0.2) is 0 Å². The summed E-state index contributed by atoms with van der Waals surface area (Å²) in [7, 11) is 0. The van der Waals surface area contributed by atoms with E-state index in [-0.39, 0.29) is 29.1 Å². The molecule has 0 aromatic carbocycles. The van der Waals surface area contributed by atoms with Gasteiger partial charge < -0.3 is 4.90 Å². The van der Waals surface area contributed by atoms with E-state index in [0.717, 1.165) is 25.9 Å². The number of unbranched alkanes of at least 4 members (excludes halogenated alkanes) is 1. The lowest BCUT2D eigenvalue weighted by Crippen LogP contribution is -2.35.